The minimum Gasteiger partial charge on any atom is -0.340 e. The Morgan fingerprint density at radius 1 is 1.09 bits per heavy atom. The molecule has 0 spiro atoms. The highest BCUT2D eigenvalue weighted by molar-refractivity contribution is 7.16. The van der Waals surface area contributed by atoms with Gasteiger partial charge in [0, 0.05) is 31.1 Å². The van der Waals surface area contributed by atoms with Crippen LogP contribution in [0, 0.1) is 18.3 Å². The Bertz CT molecular complexity index is 1030. The zero-order chi connectivity index (χ0) is 22.5. The van der Waals surface area contributed by atoms with Gasteiger partial charge in [0.15, 0.2) is 0 Å². The number of nitriles is 1. The number of anilines is 1. The number of carbonyl (C=O) groups excluding carboxylic acids is 2. The SMILES string of the molecule is Cc1ccccc1CC(=O)N1CCN(CC(=O)Nc2sc3c(c2C#N)CCCCC3)CC1. The van der Waals surface area contributed by atoms with E-state index < -0.39 is 0 Å². The predicted molar refractivity (Wildman–Crippen MR) is 127 cm³/mol. The molecule has 1 aliphatic carbocycles. The summed E-state index contributed by atoms with van der Waals surface area (Å²) < 4.78 is 0. The number of hydrogen-bond acceptors (Lipinski definition) is 5. The van der Waals surface area contributed by atoms with E-state index >= 15 is 0 Å². The molecule has 6 nitrogen and oxygen atoms in total. The zero-order valence-corrected chi connectivity index (χ0v) is 19.5. The molecule has 0 atom stereocenters. The van der Waals surface area contributed by atoms with E-state index in [0.29, 0.717) is 43.2 Å². The summed E-state index contributed by atoms with van der Waals surface area (Å²) in [6, 6.07) is 10.3. The number of rotatable bonds is 5. The molecule has 4 rings (SSSR count). The normalized spacial score (nSPS) is 16.7. The van der Waals surface area contributed by atoms with Gasteiger partial charge in [0.2, 0.25) is 11.8 Å². The molecule has 2 aromatic rings. The molecule has 7 heteroatoms. The summed E-state index contributed by atoms with van der Waals surface area (Å²) in [7, 11) is 0. The van der Waals surface area contributed by atoms with E-state index in [4.69, 9.17) is 0 Å². The Morgan fingerprint density at radius 3 is 2.59 bits per heavy atom. The van der Waals surface area contributed by atoms with Crippen LogP contribution in [0.2, 0.25) is 0 Å². The number of benzene rings is 1. The number of piperazine rings is 1. The third-order valence-corrected chi connectivity index (χ3v) is 7.69. The Balaban J connectivity index is 1.28. The molecule has 2 amide bonds. The van der Waals surface area contributed by atoms with E-state index in [1.54, 1.807) is 11.3 Å². The highest BCUT2D eigenvalue weighted by Crippen LogP contribution is 2.36. The third-order valence-electron chi connectivity index (χ3n) is 6.48. The van der Waals surface area contributed by atoms with Crippen molar-refractivity contribution in [2.75, 3.05) is 38.0 Å². The van der Waals surface area contributed by atoms with Gasteiger partial charge in [0.1, 0.15) is 11.1 Å². The van der Waals surface area contributed by atoms with Crippen LogP contribution in [0.4, 0.5) is 5.00 Å². The van der Waals surface area contributed by atoms with Crippen LogP contribution in [0.3, 0.4) is 0 Å². The van der Waals surface area contributed by atoms with E-state index in [1.807, 2.05) is 36.1 Å². The average molecular weight is 451 g/mol. The maximum absolute atomic E-state index is 12.7. The van der Waals surface area contributed by atoms with Gasteiger partial charge in [0.05, 0.1) is 18.5 Å². The summed E-state index contributed by atoms with van der Waals surface area (Å²) in [6.07, 6.45) is 5.82. The number of nitrogens with zero attached hydrogens (tertiary/aromatic N) is 3. The summed E-state index contributed by atoms with van der Waals surface area (Å²) in [5, 5.41) is 13.4. The van der Waals surface area contributed by atoms with Gasteiger partial charge in [-0.05, 0) is 49.3 Å². The average Bonchev–Trinajstić information content (AvgIpc) is 2.94. The van der Waals surface area contributed by atoms with Gasteiger partial charge in [-0.15, -0.1) is 11.3 Å². The Labute approximate surface area is 193 Å². The molecule has 1 aromatic heterocycles. The number of aryl methyl sites for hydroxylation is 2. The third kappa shape index (κ3) is 5.20. The first-order valence-corrected chi connectivity index (χ1v) is 12.3. The van der Waals surface area contributed by atoms with Crippen molar-refractivity contribution in [2.45, 2.75) is 45.4 Å². The van der Waals surface area contributed by atoms with Gasteiger partial charge in [-0.25, -0.2) is 0 Å². The largest absolute Gasteiger partial charge is 0.340 e. The van der Waals surface area contributed by atoms with Crippen LogP contribution in [0.5, 0.6) is 0 Å². The molecule has 2 heterocycles. The van der Waals surface area contributed by atoms with Gasteiger partial charge in [-0.2, -0.15) is 5.26 Å². The van der Waals surface area contributed by atoms with Crippen molar-refractivity contribution in [3.05, 3.63) is 51.4 Å². The number of amides is 2. The van der Waals surface area contributed by atoms with Crippen molar-refractivity contribution < 1.29 is 9.59 Å². The number of fused-ring (bicyclic) bond motifs is 1. The molecule has 1 saturated heterocycles. The molecule has 0 saturated carbocycles. The Hall–Kier alpha value is -2.69. The fraction of sp³-hybridized carbons (Fsp3) is 0.480. The Morgan fingerprint density at radius 2 is 1.84 bits per heavy atom. The molecule has 1 N–H and O–H groups in total. The molecule has 32 heavy (non-hydrogen) atoms. The fourth-order valence-corrected chi connectivity index (χ4v) is 5.81. The van der Waals surface area contributed by atoms with Crippen LogP contribution < -0.4 is 5.32 Å². The number of nitrogens with one attached hydrogen (secondary N) is 1. The van der Waals surface area contributed by atoms with Gasteiger partial charge >= 0.3 is 0 Å². The van der Waals surface area contributed by atoms with E-state index in [1.165, 1.54) is 11.3 Å². The molecule has 0 radical (unpaired) electrons. The van der Waals surface area contributed by atoms with Crippen LogP contribution >= 0.6 is 11.3 Å². The van der Waals surface area contributed by atoms with Crippen LogP contribution in [0.25, 0.3) is 0 Å². The van der Waals surface area contributed by atoms with Gasteiger partial charge < -0.3 is 10.2 Å². The molecule has 168 valence electrons. The Kier molecular flexibility index (Phi) is 7.23. The van der Waals surface area contributed by atoms with Gasteiger partial charge in [0.25, 0.3) is 0 Å². The van der Waals surface area contributed by atoms with Crippen LogP contribution in [0.15, 0.2) is 24.3 Å². The number of carbonyl (C=O) groups is 2. The van der Waals surface area contributed by atoms with Crippen LogP contribution in [-0.4, -0.2) is 54.3 Å². The smallest absolute Gasteiger partial charge is 0.239 e. The van der Waals surface area contributed by atoms with Crippen molar-refractivity contribution >= 4 is 28.2 Å². The van der Waals surface area contributed by atoms with Crippen molar-refractivity contribution in [1.82, 2.24) is 9.80 Å². The summed E-state index contributed by atoms with van der Waals surface area (Å²) in [5.41, 5.74) is 4.01. The predicted octanol–water partition coefficient (Wildman–Crippen LogP) is 3.52. The first-order valence-electron chi connectivity index (χ1n) is 11.4. The van der Waals surface area contributed by atoms with Gasteiger partial charge in [-0.1, -0.05) is 30.7 Å². The number of hydrogen-bond donors (Lipinski definition) is 1. The molecule has 0 unspecified atom stereocenters. The fourth-order valence-electron chi connectivity index (χ4n) is 4.56. The summed E-state index contributed by atoms with van der Waals surface area (Å²) in [4.78, 5) is 30.6. The quantitative estimate of drug-likeness (QED) is 0.707. The van der Waals surface area contributed by atoms with Crippen molar-refractivity contribution in [1.29, 1.82) is 5.26 Å². The lowest BCUT2D eigenvalue weighted by atomic mass is 10.1. The minimum absolute atomic E-state index is 0.0856. The highest BCUT2D eigenvalue weighted by Gasteiger charge is 2.25. The highest BCUT2D eigenvalue weighted by atomic mass is 32.1. The molecule has 0 bridgehead atoms. The van der Waals surface area contributed by atoms with E-state index in [9.17, 15) is 14.9 Å². The lowest BCUT2D eigenvalue weighted by Crippen LogP contribution is -2.50. The summed E-state index contributed by atoms with van der Waals surface area (Å²) in [6.45, 7) is 4.94. The summed E-state index contributed by atoms with van der Waals surface area (Å²) >= 11 is 1.57. The molecular weight excluding hydrogens is 420 g/mol. The first kappa shape index (κ1) is 22.5. The molecule has 2 aliphatic rings. The molecular formula is C25H30N4O2S. The van der Waals surface area contributed by atoms with E-state index in [2.05, 4.69) is 16.3 Å². The lowest BCUT2D eigenvalue weighted by Gasteiger charge is -2.34. The van der Waals surface area contributed by atoms with Crippen LogP contribution in [0.1, 0.15) is 46.4 Å². The number of thiophene rings is 1. The minimum atomic E-state index is -0.0856. The summed E-state index contributed by atoms with van der Waals surface area (Å²) in [5.74, 6) is 0.0553. The van der Waals surface area contributed by atoms with Crippen molar-refractivity contribution in [3.63, 3.8) is 0 Å². The standard InChI is InChI=1S/C25H30N4O2S/c1-18-7-5-6-8-19(18)15-24(31)29-13-11-28(12-14-29)17-23(30)27-25-21(16-26)20-9-3-2-4-10-22(20)32-25/h5-8H,2-4,9-15,17H2,1H3,(H,27,30). The van der Waals surface area contributed by atoms with E-state index in [-0.39, 0.29) is 18.4 Å². The van der Waals surface area contributed by atoms with Crippen molar-refractivity contribution in [3.8, 4) is 6.07 Å². The van der Waals surface area contributed by atoms with Crippen LogP contribution in [-0.2, 0) is 28.9 Å². The maximum atomic E-state index is 12.7. The second-order valence-electron chi connectivity index (χ2n) is 8.69. The topological polar surface area (TPSA) is 76.4 Å². The van der Waals surface area contributed by atoms with Gasteiger partial charge in [-0.3, -0.25) is 14.5 Å². The molecule has 1 aromatic carbocycles. The van der Waals surface area contributed by atoms with Crippen molar-refractivity contribution in [2.24, 2.45) is 0 Å². The molecule has 1 fully saturated rings. The van der Waals surface area contributed by atoms with E-state index in [0.717, 1.165) is 42.4 Å². The maximum Gasteiger partial charge on any atom is 0.239 e. The lowest BCUT2D eigenvalue weighted by molar-refractivity contribution is -0.132. The first-order chi connectivity index (χ1) is 15.5. The zero-order valence-electron chi connectivity index (χ0n) is 18.7. The molecule has 1 aliphatic heterocycles. The second kappa shape index (κ2) is 10.3. The second-order valence-corrected chi connectivity index (χ2v) is 9.79. The monoisotopic (exact) mass is 450 g/mol.